The molecule has 2 amide bonds. The molecule has 1 saturated heterocycles. The minimum Gasteiger partial charge on any atom is -0.490 e. The van der Waals surface area contributed by atoms with Crippen LogP contribution >= 0.6 is 12.2 Å². The summed E-state index contributed by atoms with van der Waals surface area (Å²) in [5, 5.41) is 10.4. The first-order valence-electron chi connectivity index (χ1n) is 12.0. The molecule has 37 heavy (non-hydrogen) atoms. The van der Waals surface area contributed by atoms with Gasteiger partial charge in [-0.2, -0.15) is 5.10 Å². The van der Waals surface area contributed by atoms with Crippen molar-refractivity contribution in [2.45, 2.75) is 33.9 Å². The Morgan fingerprint density at radius 2 is 1.97 bits per heavy atom. The van der Waals surface area contributed by atoms with E-state index in [0.29, 0.717) is 35.5 Å². The van der Waals surface area contributed by atoms with Crippen LogP contribution in [0.15, 0.2) is 60.6 Å². The van der Waals surface area contributed by atoms with E-state index >= 15 is 0 Å². The van der Waals surface area contributed by atoms with Gasteiger partial charge in [-0.3, -0.25) is 19.2 Å². The second kappa shape index (κ2) is 11.7. The molecule has 2 heterocycles. The molecule has 1 aromatic heterocycles. The van der Waals surface area contributed by atoms with E-state index in [4.69, 9.17) is 21.7 Å². The Morgan fingerprint density at radius 3 is 2.70 bits per heavy atom. The lowest BCUT2D eigenvalue weighted by Crippen LogP contribution is -2.29. The third kappa shape index (κ3) is 6.34. The highest BCUT2D eigenvalue weighted by molar-refractivity contribution is 7.80. The summed E-state index contributed by atoms with van der Waals surface area (Å²) in [6.45, 7) is 7.10. The van der Waals surface area contributed by atoms with Crippen molar-refractivity contribution in [3.8, 4) is 11.5 Å². The number of aromatic nitrogens is 2. The van der Waals surface area contributed by atoms with Gasteiger partial charge in [-0.25, -0.2) is 0 Å². The molecule has 0 aliphatic carbocycles. The molecule has 10 heteroatoms. The molecule has 2 N–H and O–H groups in total. The first-order chi connectivity index (χ1) is 17.9. The van der Waals surface area contributed by atoms with Crippen molar-refractivity contribution in [2.75, 3.05) is 18.5 Å². The van der Waals surface area contributed by atoms with Crippen LogP contribution in [0.5, 0.6) is 11.5 Å². The number of nitrogens with zero attached hydrogens (tertiary/aromatic N) is 3. The van der Waals surface area contributed by atoms with Crippen LogP contribution in [0, 0.1) is 6.92 Å². The zero-order valence-corrected chi connectivity index (χ0v) is 21.8. The van der Waals surface area contributed by atoms with Crippen LogP contribution in [0.1, 0.15) is 30.5 Å². The summed E-state index contributed by atoms with van der Waals surface area (Å²) in [5.41, 5.74) is 3.68. The number of hydrogen-bond donors (Lipinski definition) is 2. The van der Waals surface area contributed by atoms with E-state index in [9.17, 15) is 9.59 Å². The molecule has 1 fully saturated rings. The summed E-state index contributed by atoms with van der Waals surface area (Å²) in [4.78, 5) is 26.9. The fourth-order valence-electron chi connectivity index (χ4n) is 3.77. The standard InChI is InChI=1S/C27H29N5O4S/c1-4-31-15-20(14-28-31)16-32-26(34)22(30-27(32)37)12-19-10-11-23(24(13-19)35-5-2)36-17-25(33)29-21-9-7-6-8-18(21)3/h6-15H,4-5,16-17H2,1-3H3,(H,29,33)(H,30,37)/b22-12+. The fourth-order valence-corrected chi connectivity index (χ4v) is 4.03. The van der Waals surface area contributed by atoms with E-state index in [2.05, 4.69) is 15.7 Å². The molecule has 0 bridgehead atoms. The quantitative estimate of drug-likeness (QED) is 0.310. The molecule has 1 aliphatic heterocycles. The number of ether oxygens (including phenoxy) is 2. The predicted molar refractivity (Wildman–Crippen MR) is 145 cm³/mol. The Kier molecular flexibility index (Phi) is 8.19. The van der Waals surface area contributed by atoms with Gasteiger partial charge in [0.2, 0.25) is 0 Å². The van der Waals surface area contributed by atoms with E-state index in [1.54, 1.807) is 35.2 Å². The Morgan fingerprint density at radius 1 is 1.16 bits per heavy atom. The lowest BCUT2D eigenvalue weighted by atomic mass is 10.1. The van der Waals surface area contributed by atoms with E-state index < -0.39 is 0 Å². The monoisotopic (exact) mass is 519 g/mol. The van der Waals surface area contributed by atoms with Crippen molar-refractivity contribution in [1.82, 2.24) is 20.0 Å². The maximum Gasteiger partial charge on any atom is 0.276 e. The normalized spacial score (nSPS) is 14.1. The highest BCUT2D eigenvalue weighted by Crippen LogP contribution is 2.30. The van der Waals surface area contributed by atoms with Crippen molar-refractivity contribution in [2.24, 2.45) is 0 Å². The van der Waals surface area contributed by atoms with Gasteiger partial charge < -0.3 is 20.1 Å². The first-order valence-corrected chi connectivity index (χ1v) is 12.4. The Bertz CT molecular complexity index is 1350. The number of para-hydroxylation sites is 1. The molecular weight excluding hydrogens is 490 g/mol. The van der Waals surface area contributed by atoms with Crippen molar-refractivity contribution >= 4 is 40.9 Å². The highest BCUT2D eigenvalue weighted by atomic mass is 32.1. The molecular formula is C27H29N5O4S. The zero-order valence-electron chi connectivity index (χ0n) is 21.0. The summed E-state index contributed by atoms with van der Waals surface area (Å²) < 4.78 is 13.3. The van der Waals surface area contributed by atoms with Crippen LogP contribution in [-0.4, -0.2) is 44.8 Å². The number of thiocarbonyl (C=S) groups is 1. The highest BCUT2D eigenvalue weighted by Gasteiger charge is 2.31. The minimum absolute atomic E-state index is 0.174. The van der Waals surface area contributed by atoms with Gasteiger partial charge in [0.25, 0.3) is 11.8 Å². The number of nitrogens with one attached hydrogen (secondary N) is 2. The van der Waals surface area contributed by atoms with E-state index in [-0.39, 0.29) is 18.4 Å². The van der Waals surface area contributed by atoms with Crippen molar-refractivity contribution < 1.29 is 19.1 Å². The Balaban J connectivity index is 1.44. The van der Waals surface area contributed by atoms with Crippen LogP contribution in [0.2, 0.25) is 0 Å². The van der Waals surface area contributed by atoms with Gasteiger partial charge in [-0.05, 0) is 68.4 Å². The Labute approximate surface area is 221 Å². The molecule has 0 atom stereocenters. The van der Waals surface area contributed by atoms with Crippen molar-refractivity contribution in [3.63, 3.8) is 0 Å². The number of carbonyl (C=O) groups is 2. The van der Waals surface area contributed by atoms with Gasteiger partial charge in [-0.1, -0.05) is 24.3 Å². The summed E-state index contributed by atoms with van der Waals surface area (Å²) in [5.74, 6) is 0.402. The van der Waals surface area contributed by atoms with Gasteiger partial charge >= 0.3 is 0 Å². The molecule has 0 unspecified atom stereocenters. The van der Waals surface area contributed by atoms with Crippen LogP contribution in [0.3, 0.4) is 0 Å². The number of rotatable bonds is 10. The van der Waals surface area contributed by atoms with Gasteiger partial charge in [0, 0.05) is 24.0 Å². The number of amides is 2. The zero-order chi connectivity index (χ0) is 26.4. The van der Waals surface area contributed by atoms with Crippen LogP contribution < -0.4 is 20.1 Å². The molecule has 0 radical (unpaired) electrons. The van der Waals surface area contributed by atoms with Gasteiger partial charge in [0.05, 0.1) is 19.3 Å². The third-order valence-corrected chi connectivity index (χ3v) is 5.99. The maximum atomic E-state index is 13.0. The second-order valence-electron chi connectivity index (χ2n) is 8.37. The number of aryl methyl sites for hydroxylation is 2. The van der Waals surface area contributed by atoms with Crippen molar-refractivity contribution in [1.29, 1.82) is 0 Å². The molecule has 9 nitrogen and oxygen atoms in total. The summed E-state index contributed by atoms with van der Waals surface area (Å²) >= 11 is 5.39. The number of benzene rings is 2. The van der Waals surface area contributed by atoms with Crippen molar-refractivity contribution in [3.05, 3.63) is 77.2 Å². The van der Waals surface area contributed by atoms with Gasteiger partial charge in [-0.15, -0.1) is 0 Å². The first kappa shape index (κ1) is 25.9. The largest absolute Gasteiger partial charge is 0.490 e. The molecule has 4 rings (SSSR count). The average molecular weight is 520 g/mol. The summed E-state index contributed by atoms with van der Waals surface area (Å²) in [7, 11) is 0. The average Bonchev–Trinajstić information content (AvgIpc) is 3.45. The van der Waals surface area contributed by atoms with Crippen LogP contribution in [0.4, 0.5) is 5.69 Å². The van der Waals surface area contributed by atoms with E-state index in [0.717, 1.165) is 28.9 Å². The van der Waals surface area contributed by atoms with E-state index in [1.807, 2.05) is 51.2 Å². The summed E-state index contributed by atoms with van der Waals surface area (Å²) in [6, 6.07) is 12.8. The minimum atomic E-state index is -0.276. The topological polar surface area (TPSA) is 97.7 Å². The van der Waals surface area contributed by atoms with Crippen LogP contribution in [-0.2, 0) is 22.7 Å². The molecule has 0 spiro atoms. The number of anilines is 1. The van der Waals surface area contributed by atoms with Gasteiger partial charge in [0.1, 0.15) is 5.70 Å². The molecule has 192 valence electrons. The smallest absolute Gasteiger partial charge is 0.276 e. The maximum absolute atomic E-state index is 13.0. The molecule has 0 saturated carbocycles. The van der Waals surface area contributed by atoms with Crippen LogP contribution in [0.25, 0.3) is 6.08 Å². The number of hydrogen-bond acceptors (Lipinski definition) is 6. The second-order valence-corrected chi connectivity index (χ2v) is 8.76. The number of carbonyl (C=O) groups excluding carboxylic acids is 2. The molecule has 1 aliphatic rings. The Hall–Kier alpha value is -4.18. The third-order valence-electron chi connectivity index (χ3n) is 5.67. The SMILES string of the molecule is CCOc1cc(/C=C2/NC(=S)N(Cc3cnn(CC)c3)C2=O)ccc1OCC(=O)Nc1ccccc1C. The fraction of sp³-hybridized carbons (Fsp3) is 0.259. The predicted octanol–water partition coefficient (Wildman–Crippen LogP) is 3.89. The molecule has 2 aromatic carbocycles. The van der Waals surface area contributed by atoms with Gasteiger partial charge in [0.15, 0.2) is 23.2 Å². The summed E-state index contributed by atoms with van der Waals surface area (Å²) in [6.07, 6.45) is 5.34. The molecule has 3 aromatic rings. The lowest BCUT2D eigenvalue weighted by Gasteiger charge is -2.13. The van der Waals surface area contributed by atoms with E-state index in [1.165, 1.54) is 4.90 Å². The lowest BCUT2D eigenvalue weighted by molar-refractivity contribution is -0.122.